The minimum absolute atomic E-state index is 0. The highest BCUT2D eigenvalue weighted by Gasteiger charge is 2.55. The third-order valence-corrected chi connectivity index (χ3v) is 10.5. The van der Waals surface area contributed by atoms with Crippen molar-refractivity contribution >= 4 is 23.8 Å². The molecule has 0 spiro atoms. The van der Waals surface area contributed by atoms with Crippen molar-refractivity contribution in [1.29, 1.82) is 0 Å². The molecule has 72 heavy (non-hydrogen) atoms. The van der Waals surface area contributed by atoms with E-state index >= 15 is 0 Å². The van der Waals surface area contributed by atoms with Crippen molar-refractivity contribution in [3.8, 4) is 0 Å². The van der Waals surface area contributed by atoms with Gasteiger partial charge in [0.1, 0.15) is 69.1 Å². The lowest BCUT2D eigenvalue weighted by atomic mass is 10.1. The average Bonchev–Trinajstić information content (AvgIpc) is 4.25. The number of nitrogens with two attached hydrogens (primary N) is 2. The van der Waals surface area contributed by atoms with Crippen LogP contribution in [0.3, 0.4) is 0 Å². The molecule has 2 aromatic carbocycles. The van der Waals surface area contributed by atoms with E-state index in [1.54, 1.807) is 14.2 Å². The number of aliphatic hydroxyl groups excluding tert-OH is 1. The SMILES string of the molecule is C.COCCOCCOCC(=O)O.COCCOCCOCC(=O)OC[C@H]1O[C@@H](n2cnc(C(N)=O)n2)C2OC(c3ccccc3)OC21.NC(=O)c1ncn([C@@H]2O[C@H](CO)C3OC(c4ccccc4)OC32)n1. The predicted molar refractivity (Wildman–Crippen MR) is 242 cm³/mol. The van der Waals surface area contributed by atoms with Gasteiger partial charge in [-0.25, -0.2) is 28.9 Å². The number of aliphatic carboxylic acids is 1. The molecule has 6 heterocycles. The zero-order valence-electron chi connectivity index (χ0n) is 38.9. The van der Waals surface area contributed by atoms with Crippen LogP contribution in [0.4, 0.5) is 0 Å². The van der Waals surface area contributed by atoms with Crippen molar-refractivity contribution in [1.82, 2.24) is 29.5 Å². The van der Waals surface area contributed by atoms with Gasteiger partial charge in [-0.15, -0.1) is 10.2 Å². The number of hydrogen-bond acceptors (Lipinski definition) is 22. The molecule has 2 amide bonds. The van der Waals surface area contributed by atoms with Gasteiger partial charge in [0.25, 0.3) is 11.8 Å². The van der Waals surface area contributed by atoms with Gasteiger partial charge >= 0.3 is 11.9 Å². The second kappa shape index (κ2) is 29.6. The van der Waals surface area contributed by atoms with E-state index in [0.717, 1.165) is 11.1 Å². The largest absolute Gasteiger partial charge is 0.480 e. The lowest BCUT2D eigenvalue weighted by Crippen LogP contribution is -2.33. The fraction of sp³-hybridized carbons (Fsp3) is 0.556. The Balaban J connectivity index is 0.000000225. The lowest BCUT2D eigenvalue weighted by molar-refractivity contribution is -0.171. The molecule has 4 aliphatic rings. The number of nitrogens with zero attached hydrogens (tertiary/aromatic N) is 6. The number of carboxylic acids is 1. The summed E-state index contributed by atoms with van der Waals surface area (Å²) in [5.41, 5.74) is 12.1. The Bertz CT molecular complexity index is 2240. The number of carbonyl (C=O) groups excluding carboxylic acids is 3. The topological polar surface area (TPSA) is 342 Å². The van der Waals surface area contributed by atoms with Crippen molar-refractivity contribution in [3.63, 3.8) is 0 Å². The van der Waals surface area contributed by atoms with Crippen LogP contribution < -0.4 is 11.5 Å². The van der Waals surface area contributed by atoms with Gasteiger partial charge in [-0.2, -0.15) is 0 Å². The Hall–Kier alpha value is -5.92. The monoisotopic (exact) mass is 1020 g/mol. The summed E-state index contributed by atoms with van der Waals surface area (Å²) >= 11 is 0. The summed E-state index contributed by atoms with van der Waals surface area (Å²) in [5, 5.41) is 25.8. The first-order chi connectivity index (χ1) is 34.5. The average molecular weight is 1020 g/mol. The number of methoxy groups -OCH3 is 2. The number of hydrogen-bond donors (Lipinski definition) is 4. The van der Waals surface area contributed by atoms with Gasteiger partial charge in [-0.3, -0.25) is 9.59 Å². The van der Waals surface area contributed by atoms with Crippen LogP contribution in [0.25, 0.3) is 0 Å². The number of rotatable bonds is 25. The molecule has 0 radical (unpaired) electrons. The number of ether oxygens (including phenoxy) is 13. The summed E-state index contributed by atoms with van der Waals surface area (Å²) in [6.45, 7) is 2.46. The summed E-state index contributed by atoms with van der Waals surface area (Å²) in [7, 11) is 3.17. The third kappa shape index (κ3) is 16.3. The number of carbonyl (C=O) groups is 4. The molecule has 27 heteroatoms. The summed E-state index contributed by atoms with van der Waals surface area (Å²) in [4.78, 5) is 52.4. The molecule has 6 N–H and O–H groups in total. The summed E-state index contributed by atoms with van der Waals surface area (Å²) in [6, 6.07) is 18.9. The zero-order chi connectivity index (χ0) is 50.5. The van der Waals surface area contributed by atoms with Gasteiger partial charge < -0.3 is 83.3 Å². The number of aliphatic hydroxyl groups is 1. The maximum atomic E-state index is 12.1. The summed E-state index contributed by atoms with van der Waals surface area (Å²) < 4.78 is 73.8. The van der Waals surface area contributed by atoms with Crippen LogP contribution >= 0.6 is 0 Å². The molecule has 0 saturated carbocycles. The quantitative estimate of drug-likeness (QED) is 0.0506. The number of benzene rings is 2. The second-order valence-electron chi connectivity index (χ2n) is 15.4. The summed E-state index contributed by atoms with van der Waals surface area (Å²) in [5.74, 6) is -3.28. The van der Waals surface area contributed by atoms with E-state index in [0.29, 0.717) is 46.2 Å². The molecule has 4 aliphatic heterocycles. The van der Waals surface area contributed by atoms with Gasteiger partial charge in [0.05, 0.1) is 59.5 Å². The van der Waals surface area contributed by atoms with Crippen LogP contribution in [0.1, 0.15) is 64.8 Å². The van der Waals surface area contributed by atoms with E-state index in [4.69, 9.17) is 78.2 Å². The third-order valence-electron chi connectivity index (χ3n) is 10.5. The predicted octanol–water partition coefficient (Wildman–Crippen LogP) is 0.116. The highest BCUT2D eigenvalue weighted by Crippen LogP contribution is 2.45. The molecule has 4 saturated heterocycles. The fourth-order valence-corrected chi connectivity index (χ4v) is 7.19. The van der Waals surface area contributed by atoms with Crippen LogP contribution in [0.5, 0.6) is 0 Å². The molecule has 27 nitrogen and oxygen atoms in total. The van der Waals surface area contributed by atoms with E-state index in [9.17, 15) is 24.3 Å². The minimum Gasteiger partial charge on any atom is -0.480 e. The molecule has 2 aromatic heterocycles. The Morgan fingerprint density at radius 3 is 1.43 bits per heavy atom. The Morgan fingerprint density at radius 1 is 0.583 bits per heavy atom. The van der Waals surface area contributed by atoms with E-state index in [2.05, 4.69) is 20.2 Å². The maximum absolute atomic E-state index is 12.1. The smallest absolute Gasteiger partial charge is 0.332 e. The van der Waals surface area contributed by atoms with Crippen molar-refractivity contribution in [2.75, 3.05) is 93.5 Å². The molecule has 396 valence electrons. The van der Waals surface area contributed by atoms with Crippen LogP contribution in [-0.4, -0.2) is 194 Å². The van der Waals surface area contributed by atoms with Gasteiger partial charge in [-0.05, 0) is 0 Å². The molecular formula is C45H62N8O19. The molecule has 6 unspecified atom stereocenters. The van der Waals surface area contributed by atoms with E-state index in [1.165, 1.54) is 22.0 Å². The highest BCUT2D eigenvalue weighted by molar-refractivity contribution is 5.88. The molecule has 0 aliphatic carbocycles. The Kier molecular flexibility index (Phi) is 23.4. The molecule has 10 atom stereocenters. The normalized spacial score (nSPS) is 24.7. The minimum atomic E-state index is -0.966. The highest BCUT2D eigenvalue weighted by atomic mass is 16.8. The lowest BCUT2D eigenvalue weighted by Gasteiger charge is -2.20. The van der Waals surface area contributed by atoms with Crippen molar-refractivity contribution in [2.45, 2.75) is 69.1 Å². The van der Waals surface area contributed by atoms with Gasteiger partial charge in [0, 0.05) is 25.3 Å². The zero-order valence-corrected chi connectivity index (χ0v) is 38.9. The first-order valence-corrected chi connectivity index (χ1v) is 22.2. The van der Waals surface area contributed by atoms with Crippen LogP contribution in [-0.2, 0) is 71.2 Å². The summed E-state index contributed by atoms with van der Waals surface area (Å²) in [6.07, 6.45) is -3.26. The Morgan fingerprint density at radius 2 is 1.00 bits per heavy atom. The van der Waals surface area contributed by atoms with Gasteiger partial charge in [-0.1, -0.05) is 68.1 Å². The van der Waals surface area contributed by atoms with Crippen LogP contribution in [0, 0.1) is 0 Å². The second-order valence-corrected chi connectivity index (χ2v) is 15.4. The Labute approximate surface area is 413 Å². The number of primary amides is 2. The molecule has 4 aromatic rings. The van der Waals surface area contributed by atoms with Crippen LogP contribution in [0.15, 0.2) is 73.3 Å². The van der Waals surface area contributed by atoms with Gasteiger partial charge in [0.2, 0.25) is 11.6 Å². The molecule has 4 fully saturated rings. The molecule has 0 bridgehead atoms. The number of carboxylic acid groups (broad SMARTS) is 1. The first-order valence-electron chi connectivity index (χ1n) is 22.2. The van der Waals surface area contributed by atoms with Gasteiger partial charge in [0.15, 0.2) is 25.0 Å². The standard InChI is InChI=1S/C22H28N4O9.C15H16N4O5.C7H14O5.CH4/c1-29-7-8-30-9-10-31-12-16(27)32-11-15-17-18(35-22(34-17)14-5-3-2-4-6-14)21(33-15)26-13-24-20(25-26)19(23)28;16-12(21)13-17-7-19(18-13)14-11-10(9(6-20)22-14)23-15(24-11)8-4-2-1-3-5-8;1-10-2-3-11-4-5-12-6-7(8)9;/h2-6,13,15,17-18,21-22H,7-12H2,1H3,(H2,23,28);1-5,7,9-11,14-15,20H,6H2,(H2,16,21);2-6H2,1H3,(H,8,9);1H4/t15-,17?,18?,21-,22?;9-,10?,11?,14-,15?;;/m11../s1. The van der Waals surface area contributed by atoms with Crippen LogP contribution in [0.2, 0.25) is 0 Å². The number of esters is 1. The van der Waals surface area contributed by atoms with E-state index < -0.39 is 85.4 Å². The van der Waals surface area contributed by atoms with Crippen molar-refractivity contribution in [2.24, 2.45) is 11.5 Å². The molecule has 8 rings (SSSR count). The fourth-order valence-electron chi connectivity index (χ4n) is 7.19. The van der Waals surface area contributed by atoms with Crippen molar-refractivity contribution in [3.05, 3.63) is 96.1 Å². The molecular weight excluding hydrogens is 957 g/mol. The number of amides is 2. The maximum Gasteiger partial charge on any atom is 0.332 e. The van der Waals surface area contributed by atoms with E-state index in [-0.39, 0.29) is 52.1 Å². The van der Waals surface area contributed by atoms with Crippen molar-refractivity contribution < 1.29 is 91.0 Å². The number of fused-ring (bicyclic) bond motifs is 2. The van der Waals surface area contributed by atoms with E-state index in [1.807, 2.05) is 60.7 Å². The number of aromatic nitrogens is 6. The first kappa shape index (κ1) is 57.0.